The lowest BCUT2D eigenvalue weighted by molar-refractivity contribution is -0.0647. The number of aliphatic hydroxyl groups excluding tert-OH is 1. The van der Waals surface area contributed by atoms with Crippen molar-refractivity contribution in [1.29, 1.82) is 0 Å². The van der Waals surface area contributed by atoms with E-state index < -0.39 is 11.0 Å². The van der Waals surface area contributed by atoms with Gasteiger partial charge >= 0.3 is 0 Å². The molecule has 6 N–H and O–H groups in total. The molecule has 0 radical (unpaired) electrons. The van der Waals surface area contributed by atoms with Gasteiger partial charge in [-0.05, 0) is 35.4 Å². The normalized spacial score (nSPS) is 12.4. The SMILES string of the molecule is CC(C)(CO)C(O)(c1cccc(N)c1)c1cccc(N)c1. The molecule has 4 nitrogen and oxygen atoms in total. The van der Waals surface area contributed by atoms with Crippen molar-refractivity contribution in [2.24, 2.45) is 5.41 Å². The van der Waals surface area contributed by atoms with Crippen molar-refractivity contribution in [3.8, 4) is 0 Å². The van der Waals surface area contributed by atoms with Crippen LogP contribution in [0.3, 0.4) is 0 Å². The Morgan fingerprint density at radius 1 is 0.905 bits per heavy atom. The molecule has 0 amide bonds. The van der Waals surface area contributed by atoms with Crippen LogP contribution in [-0.4, -0.2) is 16.8 Å². The minimum atomic E-state index is -1.40. The first-order chi connectivity index (χ1) is 9.81. The Bertz CT molecular complexity index is 593. The van der Waals surface area contributed by atoms with E-state index in [1.165, 1.54) is 0 Å². The summed E-state index contributed by atoms with van der Waals surface area (Å²) in [4.78, 5) is 0. The molecule has 21 heavy (non-hydrogen) atoms. The van der Waals surface area contributed by atoms with Crippen molar-refractivity contribution in [3.05, 3.63) is 59.7 Å². The van der Waals surface area contributed by atoms with E-state index in [9.17, 15) is 10.2 Å². The second kappa shape index (κ2) is 5.39. The van der Waals surface area contributed by atoms with E-state index >= 15 is 0 Å². The fourth-order valence-electron chi connectivity index (χ4n) is 2.59. The first kappa shape index (κ1) is 15.4. The van der Waals surface area contributed by atoms with Crippen LogP contribution in [0.4, 0.5) is 11.4 Å². The van der Waals surface area contributed by atoms with Crippen LogP contribution >= 0.6 is 0 Å². The Hall–Kier alpha value is -2.04. The molecule has 0 unspecified atom stereocenters. The third-order valence-corrected chi connectivity index (χ3v) is 3.98. The van der Waals surface area contributed by atoms with Crippen molar-refractivity contribution in [1.82, 2.24) is 0 Å². The molecule has 2 aromatic rings. The molecule has 2 rings (SSSR count). The highest BCUT2D eigenvalue weighted by atomic mass is 16.3. The summed E-state index contributed by atoms with van der Waals surface area (Å²) in [5, 5.41) is 21.2. The third kappa shape index (κ3) is 2.60. The molecule has 0 bridgehead atoms. The minimum Gasteiger partial charge on any atom is -0.399 e. The Balaban J connectivity index is 2.71. The minimum absolute atomic E-state index is 0.187. The average Bonchev–Trinajstić information content (AvgIpc) is 2.46. The fourth-order valence-corrected chi connectivity index (χ4v) is 2.59. The van der Waals surface area contributed by atoms with E-state index in [0.717, 1.165) is 0 Å². The summed E-state index contributed by atoms with van der Waals surface area (Å²) in [5.74, 6) is 0. The summed E-state index contributed by atoms with van der Waals surface area (Å²) >= 11 is 0. The zero-order chi connectivity index (χ0) is 15.7. The van der Waals surface area contributed by atoms with Crippen LogP contribution in [0.5, 0.6) is 0 Å². The maximum atomic E-state index is 11.5. The molecule has 0 aliphatic carbocycles. The van der Waals surface area contributed by atoms with Crippen molar-refractivity contribution in [2.45, 2.75) is 19.4 Å². The smallest absolute Gasteiger partial charge is 0.122 e. The van der Waals surface area contributed by atoms with Gasteiger partial charge < -0.3 is 21.7 Å². The van der Waals surface area contributed by atoms with Gasteiger partial charge in [0.25, 0.3) is 0 Å². The molecular formula is C17H22N2O2. The van der Waals surface area contributed by atoms with Gasteiger partial charge in [0.05, 0.1) is 6.61 Å². The Kier molecular flexibility index (Phi) is 3.94. The lowest BCUT2D eigenvalue weighted by atomic mass is 9.67. The maximum absolute atomic E-state index is 11.5. The van der Waals surface area contributed by atoms with Gasteiger partial charge in [0.2, 0.25) is 0 Å². The van der Waals surface area contributed by atoms with E-state index in [1.807, 2.05) is 0 Å². The standard InChI is InChI=1S/C17H22N2O2/c1-16(2,11-20)17(21,12-5-3-7-14(18)9-12)13-6-4-8-15(19)10-13/h3-10,20-21H,11,18-19H2,1-2H3. The number of benzene rings is 2. The first-order valence-electron chi connectivity index (χ1n) is 6.86. The Morgan fingerprint density at radius 3 is 1.67 bits per heavy atom. The number of hydrogen-bond donors (Lipinski definition) is 4. The predicted octanol–water partition coefficient (Wildman–Crippen LogP) is 2.11. The van der Waals surface area contributed by atoms with Crippen molar-refractivity contribution in [3.63, 3.8) is 0 Å². The number of aliphatic hydroxyl groups is 2. The number of nitrogen functional groups attached to an aromatic ring is 2. The zero-order valence-electron chi connectivity index (χ0n) is 12.4. The monoisotopic (exact) mass is 286 g/mol. The summed E-state index contributed by atoms with van der Waals surface area (Å²) in [6.45, 7) is 3.42. The molecule has 0 saturated heterocycles. The molecule has 0 aromatic heterocycles. The van der Waals surface area contributed by atoms with Crippen LogP contribution in [0.1, 0.15) is 25.0 Å². The highest BCUT2D eigenvalue weighted by Gasteiger charge is 2.46. The Morgan fingerprint density at radius 2 is 1.33 bits per heavy atom. The molecule has 0 saturated carbocycles. The second-order valence-corrected chi connectivity index (χ2v) is 6.00. The van der Waals surface area contributed by atoms with Crippen LogP contribution in [0.2, 0.25) is 0 Å². The van der Waals surface area contributed by atoms with Crippen molar-refractivity contribution in [2.75, 3.05) is 18.1 Å². The molecule has 0 heterocycles. The highest BCUT2D eigenvalue weighted by molar-refractivity contribution is 5.50. The quantitative estimate of drug-likeness (QED) is 0.648. The lowest BCUT2D eigenvalue weighted by Gasteiger charge is -2.42. The molecule has 0 spiro atoms. The van der Waals surface area contributed by atoms with Crippen LogP contribution in [0.15, 0.2) is 48.5 Å². The molecule has 0 aliphatic heterocycles. The summed E-state index contributed by atoms with van der Waals surface area (Å²) in [6, 6.07) is 14.1. The van der Waals surface area contributed by atoms with Crippen LogP contribution in [-0.2, 0) is 5.60 Å². The highest BCUT2D eigenvalue weighted by Crippen LogP contribution is 2.45. The Labute approximate surface area is 125 Å². The lowest BCUT2D eigenvalue weighted by Crippen LogP contribution is -2.45. The molecule has 0 fully saturated rings. The number of rotatable bonds is 4. The summed E-state index contributed by atoms with van der Waals surface area (Å²) in [6.07, 6.45) is 0. The van der Waals surface area contributed by atoms with E-state index in [-0.39, 0.29) is 6.61 Å². The second-order valence-electron chi connectivity index (χ2n) is 6.00. The molecule has 2 aromatic carbocycles. The van der Waals surface area contributed by atoms with E-state index in [1.54, 1.807) is 62.4 Å². The van der Waals surface area contributed by atoms with Gasteiger partial charge in [0.1, 0.15) is 5.60 Å². The maximum Gasteiger partial charge on any atom is 0.122 e. The van der Waals surface area contributed by atoms with Crippen molar-refractivity contribution >= 4 is 11.4 Å². The molecule has 0 atom stereocenters. The summed E-state index contributed by atoms with van der Waals surface area (Å²) < 4.78 is 0. The third-order valence-electron chi connectivity index (χ3n) is 3.98. The molecule has 0 aliphatic rings. The van der Waals surface area contributed by atoms with Gasteiger partial charge in [-0.25, -0.2) is 0 Å². The van der Waals surface area contributed by atoms with Gasteiger partial charge in [-0.3, -0.25) is 0 Å². The zero-order valence-corrected chi connectivity index (χ0v) is 12.4. The fraction of sp³-hybridized carbons (Fsp3) is 0.294. The summed E-state index contributed by atoms with van der Waals surface area (Å²) in [5.41, 5.74) is 11.9. The van der Waals surface area contributed by atoms with Crippen LogP contribution < -0.4 is 11.5 Å². The van der Waals surface area contributed by atoms with Crippen molar-refractivity contribution < 1.29 is 10.2 Å². The molecule has 112 valence electrons. The number of anilines is 2. The van der Waals surface area contributed by atoms with Crippen LogP contribution in [0.25, 0.3) is 0 Å². The number of nitrogens with two attached hydrogens (primary N) is 2. The molecule has 4 heteroatoms. The van der Waals surface area contributed by atoms with E-state index in [4.69, 9.17) is 11.5 Å². The van der Waals surface area contributed by atoms with Gasteiger partial charge in [0.15, 0.2) is 0 Å². The van der Waals surface area contributed by atoms with Gasteiger partial charge in [-0.15, -0.1) is 0 Å². The van der Waals surface area contributed by atoms with E-state index in [0.29, 0.717) is 22.5 Å². The largest absolute Gasteiger partial charge is 0.399 e. The predicted molar refractivity (Wildman–Crippen MR) is 85.6 cm³/mol. The van der Waals surface area contributed by atoms with Gasteiger partial charge in [-0.1, -0.05) is 38.1 Å². The van der Waals surface area contributed by atoms with Gasteiger partial charge in [-0.2, -0.15) is 0 Å². The molecular weight excluding hydrogens is 264 g/mol. The van der Waals surface area contributed by atoms with E-state index in [2.05, 4.69) is 0 Å². The van der Waals surface area contributed by atoms with Crippen LogP contribution in [0, 0.1) is 5.41 Å². The number of hydrogen-bond acceptors (Lipinski definition) is 4. The topological polar surface area (TPSA) is 92.5 Å². The van der Waals surface area contributed by atoms with Gasteiger partial charge in [0, 0.05) is 16.8 Å². The average molecular weight is 286 g/mol. The summed E-state index contributed by atoms with van der Waals surface area (Å²) in [7, 11) is 0. The first-order valence-corrected chi connectivity index (χ1v) is 6.86.